The van der Waals surface area contributed by atoms with Crippen molar-refractivity contribution in [2.45, 2.75) is 25.9 Å². The molecule has 162 valence electrons. The second-order valence-electron chi connectivity index (χ2n) is 7.56. The summed E-state index contributed by atoms with van der Waals surface area (Å²) in [6.07, 6.45) is 1.67. The molecule has 3 heterocycles. The van der Waals surface area contributed by atoms with Crippen LogP contribution in [-0.2, 0) is 17.9 Å². The number of nitrogens with zero attached hydrogens (tertiary/aromatic N) is 4. The van der Waals surface area contributed by atoms with Gasteiger partial charge in [-0.1, -0.05) is 24.3 Å². The average Bonchev–Trinajstić information content (AvgIpc) is 3.42. The lowest BCUT2D eigenvalue weighted by atomic mass is 10.1. The summed E-state index contributed by atoms with van der Waals surface area (Å²) in [4.78, 5) is 23.1. The summed E-state index contributed by atoms with van der Waals surface area (Å²) in [6, 6.07) is 12.8. The highest BCUT2D eigenvalue weighted by Crippen LogP contribution is 2.22. The number of carbonyl (C=O) groups excluding carboxylic acids is 1. The van der Waals surface area contributed by atoms with E-state index in [0.717, 1.165) is 51.6 Å². The number of hydrogen-bond donors (Lipinski definition) is 1. The maximum Gasteiger partial charge on any atom is 0.222 e. The van der Waals surface area contributed by atoms with Gasteiger partial charge in [0.15, 0.2) is 5.96 Å². The molecule has 2 saturated heterocycles. The minimum Gasteiger partial charge on any atom is -0.360 e. The van der Waals surface area contributed by atoms with Gasteiger partial charge >= 0.3 is 0 Å². The first-order valence-corrected chi connectivity index (χ1v) is 11.2. The van der Waals surface area contributed by atoms with Crippen molar-refractivity contribution in [1.29, 1.82) is 0 Å². The van der Waals surface area contributed by atoms with Gasteiger partial charge in [-0.25, -0.2) is 0 Å². The van der Waals surface area contributed by atoms with Gasteiger partial charge in [0.05, 0.1) is 5.00 Å². The van der Waals surface area contributed by atoms with Crippen LogP contribution in [0.1, 0.15) is 24.0 Å². The number of guanidine groups is 1. The fourth-order valence-corrected chi connectivity index (χ4v) is 4.82. The van der Waals surface area contributed by atoms with Gasteiger partial charge in [0.2, 0.25) is 5.91 Å². The number of likely N-dealkylation sites (tertiary alicyclic amines) is 1. The predicted octanol–water partition coefficient (Wildman–Crippen LogP) is 3.39. The standard InChI is InChI=1S/C22H29N5OS.HI/c1-23-22(26-12-10-25(11-13-26)21-8-4-14-29-21)24-16-18-5-2-6-19(15-18)17-27-9-3-7-20(27)28;/h2,4-6,8,14-15H,3,7,9-13,16-17H2,1H3,(H,23,24);1H. The molecule has 0 radical (unpaired) electrons. The number of hydrogen-bond acceptors (Lipinski definition) is 4. The van der Waals surface area contributed by atoms with E-state index in [2.05, 4.69) is 61.9 Å². The van der Waals surface area contributed by atoms with Gasteiger partial charge in [-0.15, -0.1) is 35.3 Å². The number of anilines is 1. The van der Waals surface area contributed by atoms with Gasteiger partial charge < -0.3 is 20.0 Å². The number of thiophene rings is 1. The highest BCUT2D eigenvalue weighted by molar-refractivity contribution is 14.0. The zero-order valence-electron chi connectivity index (χ0n) is 17.4. The summed E-state index contributed by atoms with van der Waals surface area (Å²) in [5.74, 6) is 1.23. The molecule has 0 unspecified atom stereocenters. The van der Waals surface area contributed by atoms with Crippen molar-refractivity contribution in [2.75, 3.05) is 44.7 Å². The molecule has 4 rings (SSSR count). The molecule has 0 spiro atoms. The third-order valence-electron chi connectivity index (χ3n) is 5.60. The summed E-state index contributed by atoms with van der Waals surface area (Å²) in [7, 11) is 1.85. The van der Waals surface area contributed by atoms with E-state index in [1.54, 1.807) is 11.3 Å². The zero-order chi connectivity index (χ0) is 20.1. The third-order valence-corrected chi connectivity index (χ3v) is 6.52. The first kappa shape index (κ1) is 22.9. The molecule has 6 nitrogen and oxygen atoms in total. The topological polar surface area (TPSA) is 51.2 Å². The van der Waals surface area contributed by atoms with Crippen molar-refractivity contribution in [2.24, 2.45) is 4.99 Å². The molecule has 1 aromatic heterocycles. The van der Waals surface area contributed by atoms with E-state index in [0.29, 0.717) is 13.0 Å². The van der Waals surface area contributed by atoms with Gasteiger partial charge in [-0.2, -0.15) is 0 Å². The molecule has 1 N–H and O–H groups in total. The first-order chi connectivity index (χ1) is 14.2. The lowest BCUT2D eigenvalue weighted by Crippen LogP contribution is -2.52. The van der Waals surface area contributed by atoms with Crippen molar-refractivity contribution in [1.82, 2.24) is 15.1 Å². The Hall–Kier alpha value is -1.81. The molecular formula is C22H30IN5OS. The van der Waals surface area contributed by atoms with Crippen LogP contribution < -0.4 is 10.2 Å². The molecule has 8 heteroatoms. The van der Waals surface area contributed by atoms with Crippen LogP contribution in [0.2, 0.25) is 0 Å². The van der Waals surface area contributed by atoms with E-state index < -0.39 is 0 Å². The molecule has 2 aliphatic rings. The SMILES string of the molecule is CN=C(NCc1cccc(CN2CCCC2=O)c1)N1CCN(c2cccs2)CC1.I. The Morgan fingerprint density at radius 1 is 1.10 bits per heavy atom. The van der Waals surface area contributed by atoms with E-state index in [9.17, 15) is 4.79 Å². The Morgan fingerprint density at radius 2 is 1.90 bits per heavy atom. The number of nitrogens with one attached hydrogen (secondary N) is 1. The molecule has 1 amide bonds. The van der Waals surface area contributed by atoms with Gasteiger partial charge in [0.25, 0.3) is 0 Å². The molecule has 2 aromatic rings. The highest BCUT2D eigenvalue weighted by Gasteiger charge is 2.21. The minimum absolute atomic E-state index is 0. The summed E-state index contributed by atoms with van der Waals surface area (Å²) in [5, 5.41) is 7.00. The summed E-state index contributed by atoms with van der Waals surface area (Å²) in [6.45, 7) is 6.29. The molecule has 2 fully saturated rings. The fraction of sp³-hybridized carbons (Fsp3) is 0.455. The maximum atomic E-state index is 11.9. The number of piperazine rings is 1. The van der Waals surface area contributed by atoms with Crippen molar-refractivity contribution < 1.29 is 4.79 Å². The smallest absolute Gasteiger partial charge is 0.222 e. The van der Waals surface area contributed by atoms with E-state index in [-0.39, 0.29) is 29.9 Å². The van der Waals surface area contributed by atoms with Crippen LogP contribution >= 0.6 is 35.3 Å². The summed E-state index contributed by atoms with van der Waals surface area (Å²) < 4.78 is 0. The number of benzene rings is 1. The summed E-state index contributed by atoms with van der Waals surface area (Å²) in [5.41, 5.74) is 2.41. The van der Waals surface area contributed by atoms with E-state index in [4.69, 9.17) is 0 Å². The Labute approximate surface area is 200 Å². The van der Waals surface area contributed by atoms with Gasteiger partial charge in [0.1, 0.15) is 0 Å². The fourth-order valence-electron chi connectivity index (χ4n) is 4.03. The third kappa shape index (κ3) is 5.66. The van der Waals surface area contributed by atoms with Gasteiger partial charge in [-0.3, -0.25) is 9.79 Å². The van der Waals surface area contributed by atoms with Crippen LogP contribution in [0.5, 0.6) is 0 Å². The van der Waals surface area contributed by atoms with Crippen molar-refractivity contribution in [3.05, 3.63) is 52.9 Å². The highest BCUT2D eigenvalue weighted by atomic mass is 127. The first-order valence-electron chi connectivity index (χ1n) is 10.3. The van der Waals surface area contributed by atoms with Crippen LogP contribution in [0.25, 0.3) is 0 Å². The number of halogens is 1. The number of carbonyl (C=O) groups is 1. The predicted molar refractivity (Wildman–Crippen MR) is 135 cm³/mol. The van der Waals surface area contributed by atoms with Gasteiger partial charge in [0, 0.05) is 59.3 Å². The monoisotopic (exact) mass is 539 g/mol. The van der Waals surface area contributed by atoms with Crippen LogP contribution in [0.4, 0.5) is 5.00 Å². The molecule has 0 atom stereocenters. The molecule has 0 saturated carbocycles. The number of rotatable bonds is 5. The van der Waals surface area contributed by atoms with Crippen molar-refractivity contribution >= 4 is 52.2 Å². The van der Waals surface area contributed by atoms with Gasteiger partial charge in [-0.05, 0) is 35.1 Å². The van der Waals surface area contributed by atoms with Crippen molar-refractivity contribution in [3.8, 4) is 0 Å². The lowest BCUT2D eigenvalue weighted by Gasteiger charge is -2.37. The normalized spacial score (nSPS) is 17.3. The number of amides is 1. The lowest BCUT2D eigenvalue weighted by molar-refractivity contribution is -0.128. The van der Waals surface area contributed by atoms with E-state index in [1.165, 1.54) is 16.1 Å². The molecule has 30 heavy (non-hydrogen) atoms. The quantitative estimate of drug-likeness (QED) is 0.360. The molecule has 0 aliphatic carbocycles. The molecule has 2 aliphatic heterocycles. The number of aliphatic imine (C=N–C) groups is 1. The Bertz CT molecular complexity index is 849. The van der Waals surface area contributed by atoms with E-state index in [1.807, 2.05) is 11.9 Å². The van der Waals surface area contributed by atoms with Crippen molar-refractivity contribution in [3.63, 3.8) is 0 Å². The summed E-state index contributed by atoms with van der Waals surface area (Å²) >= 11 is 1.80. The zero-order valence-corrected chi connectivity index (χ0v) is 20.6. The Balaban J connectivity index is 0.00000256. The minimum atomic E-state index is 0. The molecular weight excluding hydrogens is 509 g/mol. The maximum absolute atomic E-state index is 11.9. The Kier molecular flexibility index (Phi) is 8.38. The average molecular weight is 539 g/mol. The van der Waals surface area contributed by atoms with E-state index >= 15 is 0 Å². The van der Waals surface area contributed by atoms with Crippen LogP contribution in [0, 0.1) is 0 Å². The second-order valence-corrected chi connectivity index (χ2v) is 8.49. The van der Waals surface area contributed by atoms with Crippen LogP contribution in [-0.4, -0.2) is 61.4 Å². The second kappa shape index (κ2) is 11.0. The molecule has 0 bridgehead atoms. The van der Waals surface area contributed by atoms with Crippen LogP contribution in [0.15, 0.2) is 46.8 Å². The largest absolute Gasteiger partial charge is 0.360 e. The molecule has 1 aromatic carbocycles. The van der Waals surface area contributed by atoms with Crippen LogP contribution in [0.3, 0.4) is 0 Å². The Morgan fingerprint density at radius 3 is 2.57 bits per heavy atom.